The van der Waals surface area contributed by atoms with E-state index in [0.29, 0.717) is 0 Å². The summed E-state index contributed by atoms with van der Waals surface area (Å²) < 4.78 is 0. The number of amides is 2. The second-order valence-corrected chi connectivity index (χ2v) is 1.90. The number of allylic oxidation sites excluding steroid dienone is 1. The highest BCUT2D eigenvalue weighted by molar-refractivity contribution is 5.95. The summed E-state index contributed by atoms with van der Waals surface area (Å²) in [5.74, 6) is 0. The first-order valence-electron chi connectivity index (χ1n) is 3.79. The normalized spacial score (nSPS) is 15.5. The topological polar surface area (TPSA) is 41.5 Å². The molecule has 0 fully saturated rings. The average molecular weight is 154 g/mol. The quantitative estimate of drug-likeness (QED) is 0.570. The molecule has 0 atom stereocenters. The molecule has 0 saturated carbocycles. The summed E-state index contributed by atoms with van der Waals surface area (Å²) in [6.07, 6.45) is 4.24. The lowest BCUT2D eigenvalue weighted by Gasteiger charge is -1.88. The second-order valence-electron chi connectivity index (χ2n) is 1.90. The highest BCUT2D eigenvalue weighted by atomic mass is 16.2. The van der Waals surface area contributed by atoms with Crippen LogP contribution in [0.3, 0.4) is 0 Å². The zero-order valence-corrected chi connectivity index (χ0v) is 7.22. The molecule has 0 spiro atoms. The first-order valence-corrected chi connectivity index (χ1v) is 3.79. The van der Waals surface area contributed by atoms with E-state index in [9.17, 15) is 4.79 Å². The molecule has 3 nitrogen and oxygen atoms in total. The summed E-state index contributed by atoms with van der Waals surface area (Å²) in [6, 6.07) is -0.277. The van der Waals surface area contributed by atoms with Crippen LogP contribution in [0.4, 0.5) is 4.79 Å². The van der Waals surface area contributed by atoms with Crippen molar-refractivity contribution in [2.75, 3.05) is 0 Å². The van der Waals surface area contributed by atoms with Crippen LogP contribution < -0.4 is 5.32 Å². The molecule has 1 aliphatic heterocycles. The van der Waals surface area contributed by atoms with Crippen LogP contribution in [0.15, 0.2) is 17.3 Å². The van der Waals surface area contributed by atoms with Gasteiger partial charge in [0.2, 0.25) is 0 Å². The van der Waals surface area contributed by atoms with Gasteiger partial charge in [-0.2, -0.15) is 0 Å². The van der Waals surface area contributed by atoms with Crippen molar-refractivity contribution in [1.29, 1.82) is 0 Å². The Bertz CT molecular complexity index is 183. The number of aliphatic imine (C=N–C) groups is 1. The average Bonchev–Trinajstić information content (AvgIpc) is 2.18. The fourth-order valence-corrected chi connectivity index (χ4v) is 0.611. The van der Waals surface area contributed by atoms with Gasteiger partial charge in [-0.25, -0.2) is 9.79 Å². The lowest BCUT2D eigenvalue weighted by molar-refractivity contribution is 0.252. The van der Waals surface area contributed by atoms with Gasteiger partial charge < -0.3 is 5.32 Å². The van der Waals surface area contributed by atoms with Crippen LogP contribution in [0.5, 0.6) is 0 Å². The predicted octanol–water partition coefficient (Wildman–Crippen LogP) is 2.10. The van der Waals surface area contributed by atoms with Gasteiger partial charge in [0.25, 0.3) is 0 Å². The molecule has 0 aliphatic carbocycles. The van der Waals surface area contributed by atoms with Crippen molar-refractivity contribution in [3.63, 3.8) is 0 Å². The molecule has 0 saturated heterocycles. The van der Waals surface area contributed by atoms with Gasteiger partial charge >= 0.3 is 6.03 Å². The van der Waals surface area contributed by atoms with Crippen molar-refractivity contribution in [2.45, 2.75) is 27.2 Å². The highest BCUT2D eigenvalue weighted by Crippen LogP contribution is 1.92. The van der Waals surface area contributed by atoms with Crippen molar-refractivity contribution in [1.82, 2.24) is 5.32 Å². The first-order chi connectivity index (χ1) is 5.29. The van der Waals surface area contributed by atoms with Gasteiger partial charge in [-0.3, -0.25) is 0 Å². The minimum Gasteiger partial charge on any atom is -0.313 e. The molecule has 3 heteroatoms. The lowest BCUT2D eigenvalue weighted by Crippen LogP contribution is -2.10. The molecule has 0 radical (unpaired) electrons. The molecule has 0 aromatic heterocycles. The van der Waals surface area contributed by atoms with Gasteiger partial charge in [0, 0.05) is 18.3 Å². The van der Waals surface area contributed by atoms with Crippen LogP contribution in [-0.2, 0) is 0 Å². The third kappa shape index (κ3) is 4.31. The largest absolute Gasteiger partial charge is 0.344 e. The number of carbonyl (C=O) groups excluding carboxylic acids is 1. The Kier molecular flexibility index (Phi) is 5.07. The summed E-state index contributed by atoms with van der Waals surface area (Å²) in [6.45, 7) is 5.83. The van der Waals surface area contributed by atoms with Gasteiger partial charge in [0.15, 0.2) is 0 Å². The number of carbonyl (C=O) groups is 1. The molecule has 0 aromatic rings. The fourth-order valence-electron chi connectivity index (χ4n) is 0.611. The SMILES string of the molecule is CC.CC1=NC(=O)NC=CC1. The minimum atomic E-state index is -0.277. The fraction of sp³-hybridized carbons (Fsp3) is 0.500. The van der Waals surface area contributed by atoms with E-state index < -0.39 is 0 Å². The molecule has 0 aromatic carbocycles. The van der Waals surface area contributed by atoms with E-state index in [0.717, 1.165) is 12.1 Å². The molecule has 1 rings (SSSR count). The van der Waals surface area contributed by atoms with Gasteiger partial charge in [0.1, 0.15) is 0 Å². The second kappa shape index (κ2) is 5.65. The van der Waals surface area contributed by atoms with E-state index in [2.05, 4.69) is 10.3 Å². The third-order valence-corrected chi connectivity index (χ3v) is 1.03. The molecule has 1 N–H and O–H groups in total. The Labute approximate surface area is 67.2 Å². The highest BCUT2D eigenvalue weighted by Gasteiger charge is 1.98. The lowest BCUT2D eigenvalue weighted by atomic mass is 10.3. The van der Waals surface area contributed by atoms with E-state index in [1.54, 1.807) is 6.20 Å². The molecule has 11 heavy (non-hydrogen) atoms. The number of nitrogens with one attached hydrogen (secondary N) is 1. The van der Waals surface area contributed by atoms with Crippen molar-refractivity contribution in [2.24, 2.45) is 4.99 Å². The van der Waals surface area contributed by atoms with Crippen LogP contribution in [0.1, 0.15) is 27.2 Å². The van der Waals surface area contributed by atoms with Crippen molar-refractivity contribution in [3.8, 4) is 0 Å². The number of urea groups is 1. The smallest absolute Gasteiger partial charge is 0.313 e. The van der Waals surface area contributed by atoms with Crippen molar-refractivity contribution < 1.29 is 4.79 Å². The molecule has 2 amide bonds. The Balaban J connectivity index is 0.000000461. The maximum atomic E-state index is 10.5. The first kappa shape index (κ1) is 9.88. The van der Waals surface area contributed by atoms with Crippen molar-refractivity contribution in [3.05, 3.63) is 12.3 Å². The summed E-state index contributed by atoms with van der Waals surface area (Å²) in [5.41, 5.74) is 0.848. The summed E-state index contributed by atoms with van der Waals surface area (Å²) >= 11 is 0. The number of hydrogen-bond acceptors (Lipinski definition) is 1. The van der Waals surface area contributed by atoms with Crippen LogP contribution in [0, 0.1) is 0 Å². The molecule has 1 aliphatic rings. The van der Waals surface area contributed by atoms with Crippen LogP contribution in [-0.4, -0.2) is 11.7 Å². The monoisotopic (exact) mass is 154 g/mol. The summed E-state index contributed by atoms with van der Waals surface area (Å²) in [4.78, 5) is 14.2. The Hall–Kier alpha value is -1.12. The molecular weight excluding hydrogens is 140 g/mol. The molecule has 1 heterocycles. The molecule has 0 unspecified atom stereocenters. The van der Waals surface area contributed by atoms with Crippen LogP contribution in [0.2, 0.25) is 0 Å². The van der Waals surface area contributed by atoms with Crippen molar-refractivity contribution >= 4 is 11.7 Å². The predicted molar refractivity (Wildman–Crippen MR) is 46.7 cm³/mol. The van der Waals surface area contributed by atoms with E-state index >= 15 is 0 Å². The van der Waals surface area contributed by atoms with E-state index in [-0.39, 0.29) is 6.03 Å². The van der Waals surface area contributed by atoms with Gasteiger partial charge in [-0.1, -0.05) is 19.9 Å². The van der Waals surface area contributed by atoms with E-state index in [1.165, 1.54) is 0 Å². The Morgan fingerprint density at radius 3 is 2.82 bits per heavy atom. The summed E-state index contributed by atoms with van der Waals surface area (Å²) in [5, 5.41) is 2.47. The zero-order chi connectivity index (χ0) is 8.69. The van der Waals surface area contributed by atoms with Gasteiger partial charge in [-0.15, -0.1) is 0 Å². The standard InChI is InChI=1S/C6H8N2O.C2H6/c1-5-3-2-4-7-6(9)8-5;1-2/h2,4H,3H2,1H3,(H,7,9);1-2H3. The zero-order valence-electron chi connectivity index (χ0n) is 7.22. The number of nitrogens with zero attached hydrogens (tertiary/aromatic N) is 1. The Morgan fingerprint density at radius 1 is 1.55 bits per heavy atom. The number of hydrogen-bond donors (Lipinski definition) is 1. The van der Waals surface area contributed by atoms with Crippen LogP contribution >= 0.6 is 0 Å². The van der Waals surface area contributed by atoms with Gasteiger partial charge in [-0.05, 0) is 6.92 Å². The number of rotatable bonds is 0. The molecular formula is C8H14N2O. The van der Waals surface area contributed by atoms with E-state index in [1.807, 2.05) is 26.8 Å². The van der Waals surface area contributed by atoms with E-state index in [4.69, 9.17) is 0 Å². The molecule has 62 valence electrons. The third-order valence-electron chi connectivity index (χ3n) is 1.03. The minimum absolute atomic E-state index is 0.277. The molecule has 0 bridgehead atoms. The maximum absolute atomic E-state index is 10.5. The Morgan fingerprint density at radius 2 is 2.18 bits per heavy atom. The van der Waals surface area contributed by atoms with Crippen LogP contribution in [0.25, 0.3) is 0 Å². The van der Waals surface area contributed by atoms with Gasteiger partial charge in [0.05, 0.1) is 0 Å². The summed E-state index contributed by atoms with van der Waals surface area (Å²) in [7, 11) is 0. The maximum Gasteiger partial charge on any atom is 0.344 e.